The number of hydrogen-bond donors (Lipinski definition) is 1. The molecule has 7 aromatic carbocycles. The molecule has 2 aliphatic rings. The predicted molar refractivity (Wildman–Crippen MR) is 409 cm³/mol. The molecule has 0 radical (unpaired) electrons. The Morgan fingerprint density at radius 2 is 1.06 bits per heavy atom. The number of rotatable bonds is 14. The van der Waals surface area contributed by atoms with E-state index in [0.717, 1.165) is 61.8 Å². The van der Waals surface area contributed by atoms with Crippen LogP contribution in [0.15, 0.2) is 217 Å². The summed E-state index contributed by atoms with van der Waals surface area (Å²) in [4.78, 5) is 17.5. The number of carbonyl (C=O) groups excluding carboxylic acids is 1. The number of allylic oxidation sites excluding steroid dienone is 2. The smallest absolute Gasteiger partial charge is 0.308 e. The molecule has 11 rings (SSSR count). The molecule has 1 aliphatic heterocycles. The van der Waals surface area contributed by atoms with Crippen molar-refractivity contribution < 1.29 is 18.4 Å². The number of ether oxygens (including phenoxy) is 1. The van der Waals surface area contributed by atoms with Crippen molar-refractivity contribution in [2.45, 2.75) is 193 Å². The molecule has 1 N–H and O–H groups in total. The molecular weight excluding hydrogens is 1180 g/mol. The fourth-order valence-electron chi connectivity index (χ4n) is 10.5. The lowest BCUT2D eigenvalue weighted by atomic mass is 9.98. The maximum absolute atomic E-state index is 12.4. The number of carbonyl (C=O) groups is 1. The Morgan fingerprint density at radius 1 is 0.542 bits per heavy atom. The Kier molecular flexibility index (Phi) is 36.6. The number of benzene rings is 7. The van der Waals surface area contributed by atoms with Crippen molar-refractivity contribution in [2.75, 3.05) is 31.1 Å². The quantitative estimate of drug-likeness (QED) is 0.0858. The Labute approximate surface area is 580 Å². The highest BCUT2D eigenvalue weighted by Crippen LogP contribution is 2.32. The summed E-state index contributed by atoms with van der Waals surface area (Å²) in [6, 6.07) is 65.8. The van der Waals surface area contributed by atoms with Gasteiger partial charge in [0.25, 0.3) is 0 Å². The van der Waals surface area contributed by atoms with Gasteiger partial charge in [-0.25, -0.2) is 4.39 Å². The van der Waals surface area contributed by atoms with E-state index in [2.05, 4.69) is 278 Å². The number of fused-ring (bicyclic) bond motifs is 1. The van der Waals surface area contributed by atoms with Crippen LogP contribution in [0.2, 0.25) is 0 Å². The molecule has 2 aromatic heterocycles. The zero-order chi connectivity index (χ0) is 70.5. The third kappa shape index (κ3) is 30.7. The lowest BCUT2D eigenvalue weighted by Gasteiger charge is -2.29. The predicted octanol–water partition coefficient (Wildman–Crippen LogP) is 23.9. The Morgan fingerprint density at radius 3 is 1.55 bits per heavy atom. The number of esters is 1. The van der Waals surface area contributed by atoms with Crippen LogP contribution in [0.25, 0.3) is 16.8 Å². The van der Waals surface area contributed by atoms with Crippen molar-refractivity contribution in [3.63, 3.8) is 0 Å². The van der Waals surface area contributed by atoms with Gasteiger partial charge in [0.05, 0.1) is 0 Å². The van der Waals surface area contributed by atoms with Gasteiger partial charge in [-0.15, -0.1) is 0 Å². The molecule has 514 valence electrons. The van der Waals surface area contributed by atoms with Crippen LogP contribution in [-0.2, 0) is 17.6 Å². The minimum absolute atomic E-state index is 0.163. The van der Waals surface area contributed by atoms with Crippen molar-refractivity contribution >= 4 is 17.2 Å². The average molecular weight is 1300 g/mol. The standard InChI is InChI=1S/C14H18.C13H20N2.C12H13NO.C12H16O2.C10H14.C9H11F.C9H13N.C9H12/c1-11(2)7-8-13-10-9-12-5-3-4-6-14(12)13;1-11(2)12-3-5-13(6-4-12)15-9-7-14-8-10-15;1-9(2)10-3-5-11(6-4-10)12-7-8-14-13-12;1-8(2)11-6-5-9(3)12(7-11)14-10(4)13;1-8(2)10-7-5-4-6-9(10)3;1-7(2)8-3-5-9(10)6-4-8;1-8(2)7-9-5-3-4-6-10-9;1-8(2)9-6-4-3-5-7-9/h3-6,10-11H,7-9H2,1-2H3;3-6,11,14H,7-10H2,1-2H3;3-9H,1-2H3;5-8H,1-4H3;4-8H,1-3H3;3-7H,1-2H3;3-6,8H,7H2,1-2H3;3-8H,1-2H3. The molecule has 0 amide bonds. The van der Waals surface area contributed by atoms with Gasteiger partial charge in [-0.1, -0.05) is 268 Å². The SMILES string of the molecule is CC(=O)Oc1cc(C(C)C)ccc1C.CC(C)CCC1=CCc2ccccc21.CC(C)Cc1ccccn1.CC(C)c1ccc(-c2ccon2)cc1.CC(C)c1ccc(F)cc1.CC(C)c1ccc(N2CCNCC2)cc1.CC(C)c1ccccc1.Cc1ccccc1C(C)C. The van der Waals surface area contributed by atoms with Crippen LogP contribution in [0.1, 0.15) is 227 Å². The van der Waals surface area contributed by atoms with Crippen LogP contribution >= 0.6 is 0 Å². The second-order valence-corrected chi connectivity index (χ2v) is 27.6. The van der Waals surface area contributed by atoms with E-state index in [9.17, 15) is 9.18 Å². The van der Waals surface area contributed by atoms with Gasteiger partial charge >= 0.3 is 5.97 Å². The van der Waals surface area contributed by atoms with E-state index in [-0.39, 0.29) is 11.8 Å². The lowest BCUT2D eigenvalue weighted by molar-refractivity contribution is -0.131. The van der Waals surface area contributed by atoms with Gasteiger partial charge < -0.3 is 19.5 Å². The number of pyridine rings is 1. The summed E-state index contributed by atoms with van der Waals surface area (Å²) in [7, 11) is 0. The van der Waals surface area contributed by atoms with Crippen molar-refractivity contribution in [1.29, 1.82) is 0 Å². The number of piperazine rings is 1. The van der Waals surface area contributed by atoms with E-state index in [1.807, 2.05) is 61.7 Å². The fraction of sp³-hybridized carbons (Fsp3) is 0.398. The second-order valence-electron chi connectivity index (χ2n) is 27.6. The van der Waals surface area contributed by atoms with E-state index in [0.29, 0.717) is 47.2 Å². The maximum Gasteiger partial charge on any atom is 0.308 e. The Hall–Kier alpha value is -8.20. The molecule has 1 fully saturated rings. The van der Waals surface area contributed by atoms with Gasteiger partial charge in [-0.2, -0.15) is 0 Å². The summed E-state index contributed by atoms with van der Waals surface area (Å²) in [5.41, 5.74) is 19.5. The van der Waals surface area contributed by atoms with Gasteiger partial charge in [0.1, 0.15) is 23.5 Å². The first kappa shape index (κ1) is 80.2. The lowest BCUT2D eigenvalue weighted by Crippen LogP contribution is -2.43. The van der Waals surface area contributed by atoms with Crippen LogP contribution in [0, 0.1) is 31.5 Å². The molecule has 0 bridgehead atoms. The van der Waals surface area contributed by atoms with Gasteiger partial charge in [0, 0.05) is 62.3 Å². The van der Waals surface area contributed by atoms with Crippen molar-refractivity contribution in [1.82, 2.24) is 15.5 Å². The maximum atomic E-state index is 12.4. The molecule has 0 saturated carbocycles. The van der Waals surface area contributed by atoms with Crippen LogP contribution in [-0.4, -0.2) is 42.3 Å². The number of halogens is 1. The van der Waals surface area contributed by atoms with Gasteiger partial charge in [-0.3, -0.25) is 9.78 Å². The minimum atomic E-state index is -0.269. The van der Waals surface area contributed by atoms with Crippen LogP contribution < -0.4 is 15.0 Å². The third-order valence-electron chi connectivity index (χ3n) is 16.6. The molecule has 7 nitrogen and oxygen atoms in total. The topological polar surface area (TPSA) is 80.5 Å². The first-order valence-electron chi connectivity index (χ1n) is 35.2. The fourth-order valence-corrected chi connectivity index (χ4v) is 10.5. The molecule has 0 unspecified atom stereocenters. The zero-order valence-corrected chi connectivity index (χ0v) is 61.9. The minimum Gasteiger partial charge on any atom is -0.426 e. The molecular formula is C88H117FN4O3. The van der Waals surface area contributed by atoms with Crippen LogP contribution in [0.3, 0.4) is 0 Å². The Bertz CT molecular complexity index is 3550. The van der Waals surface area contributed by atoms with Gasteiger partial charge in [-0.05, 0) is 191 Å². The molecule has 0 atom stereocenters. The van der Waals surface area contributed by atoms with E-state index < -0.39 is 0 Å². The number of aromatic nitrogens is 2. The molecule has 1 aliphatic carbocycles. The first-order valence-corrected chi connectivity index (χ1v) is 35.2. The molecule has 0 spiro atoms. The number of aryl methyl sites for hydroxylation is 2. The summed E-state index contributed by atoms with van der Waals surface area (Å²) in [5.74, 6) is 5.20. The van der Waals surface area contributed by atoms with E-state index in [4.69, 9.17) is 9.26 Å². The summed E-state index contributed by atoms with van der Waals surface area (Å²) < 4.78 is 22.2. The Balaban J connectivity index is 0.000000235. The summed E-state index contributed by atoms with van der Waals surface area (Å²) in [6.07, 6.45) is 10.6. The summed E-state index contributed by atoms with van der Waals surface area (Å²) in [5, 5.41) is 7.26. The molecule has 8 heteroatoms. The molecule has 1 saturated heterocycles. The van der Waals surface area contributed by atoms with Crippen LogP contribution in [0.4, 0.5) is 10.1 Å². The highest BCUT2D eigenvalue weighted by molar-refractivity contribution is 5.73. The second kappa shape index (κ2) is 43.8. The summed E-state index contributed by atoms with van der Waals surface area (Å²) in [6.45, 7) is 45.1. The number of anilines is 1. The zero-order valence-electron chi connectivity index (χ0n) is 61.9. The van der Waals surface area contributed by atoms with Crippen LogP contribution in [0.5, 0.6) is 5.75 Å². The third-order valence-corrected chi connectivity index (χ3v) is 16.6. The average Bonchev–Trinajstić information content (AvgIpc) is 1.61. The largest absolute Gasteiger partial charge is 0.426 e. The van der Waals surface area contributed by atoms with E-state index in [1.54, 1.807) is 11.8 Å². The highest BCUT2D eigenvalue weighted by Gasteiger charge is 2.14. The van der Waals surface area contributed by atoms with Crippen molar-refractivity contribution in [2.24, 2.45) is 11.8 Å². The van der Waals surface area contributed by atoms with Crippen molar-refractivity contribution in [3.8, 4) is 17.0 Å². The molecule has 96 heavy (non-hydrogen) atoms. The molecule has 3 heterocycles. The van der Waals surface area contributed by atoms with Gasteiger partial charge in [0.15, 0.2) is 0 Å². The number of nitrogens with zero attached hydrogens (tertiary/aromatic N) is 3. The van der Waals surface area contributed by atoms with Crippen molar-refractivity contribution in [3.05, 3.63) is 280 Å². The normalized spacial score (nSPS) is 12.0. The highest BCUT2D eigenvalue weighted by atomic mass is 19.1. The van der Waals surface area contributed by atoms with Gasteiger partial charge in [0.2, 0.25) is 0 Å². The van der Waals surface area contributed by atoms with E-state index in [1.165, 1.54) is 93.4 Å². The monoisotopic (exact) mass is 1300 g/mol. The number of hydrogen-bond acceptors (Lipinski definition) is 7. The van der Waals surface area contributed by atoms with E-state index >= 15 is 0 Å². The number of nitrogens with one attached hydrogen (secondary N) is 1. The first-order chi connectivity index (χ1) is 45.8. The summed E-state index contributed by atoms with van der Waals surface area (Å²) >= 11 is 0. The molecule has 9 aromatic rings.